The second-order valence-electron chi connectivity index (χ2n) is 4.59. The number of carbonyl (C=O) groups excluding carboxylic acids is 1. The lowest BCUT2D eigenvalue weighted by molar-refractivity contribution is -0.146. The Morgan fingerprint density at radius 2 is 2.10 bits per heavy atom. The molecule has 1 aliphatic rings. The molecule has 0 aliphatic carbocycles. The Morgan fingerprint density at radius 3 is 2.70 bits per heavy atom. The highest BCUT2D eigenvalue weighted by Gasteiger charge is 2.33. The summed E-state index contributed by atoms with van der Waals surface area (Å²) in [6.07, 6.45) is 4.15. The van der Waals surface area contributed by atoms with Crippen LogP contribution < -0.4 is 0 Å². The molecular weight excluding hydrogens is 274 g/mol. The first kappa shape index (κ1) is 14.7. The van der Waals surface area contributed by atoms with Crippen molar-refractivity contribution in [1.82, 2.24) is 4.90 Å². The van der Waals surface area contributed by atoms with E-state index in [1.54, 1.807) is 6.08 Å². The van der Waals surface area contributed by atoms with Gasteiger partial charge in [-0.25, -0.2) is 4.79 Å². The fourth-order valence-electron chi connectivity index (χ4n) is 1.99. The number of nitrogens with zero attached hydrogens (tertiary/aromatic N) is 1. The van der Waals surface area contributed by atoms with Gasteiger partial charge in [-0.05, 0) is 23.6 Å². The summed E-state index contributed by atoms with van der Waals surface area (Å²) in [6.45, 7) is 2.09. The third-order valence-corrected chi connectivity index (χ3v) is 4.27. The van der Waals surface area contributed by atoms with Crippen molar-refractivity contribution in [2.45, 2.75) is 19.4 Å². The van der Waals surface area contributed by atoms with Gasteiger partial charge in [0.2, 0.25) is 5.91 Å². The highest BCUT2D eigenvalue weighted by Crippen LogP contribution is 2.21. The quantitative estimate of drug-likeness (QED) is 0.864. The van der Waals surface area contributed by atoms with Crippen LogP contribution in [0.3, 0.4) is 0 Å². The van der Waals surface area contributed by atoms with Crippen molar-refractivity contribution in [1.29, 1.82) is 0 Å². The Hall–Kier alpha value is -1.75. The molecule has 1 N–H and O–H groups in total. The predicted molar refractivity (Wildman–Crippen MR) is 80.4 cm³/mol. The van der Waals surface area contributed by atoms with Gasteiger partial charge in [0.25, 0.3) is 0 Å². The first-order chi connectivity index (χ1) is 9.61. The van der Waals surface area contributed by atoms with Crippen molar-refractivity contribution < 1.29 is 14.7 Å². The van der Waals surface area contributed by atoms with Crippen LogP contribution in [0, 0.1) is 0 Å². The zero-order chi connectivity index (χ0) is 14.5. The second-order valence-corrected chi connectivity index (χ2v) is 5.59. The molecule has 1 unspecified atom stereocenters. The minimum Gasteiger partial charge on any atom is -0.480 e. The number of hydrogen-bond acceptors (Lipinski definition) is 3. The normalized spacial score (nSPS) is 18.6. The number of thioether (sulfide) groups is 1. The van der Waals surface area contributed by atoms with E-state index in [9.17, 15) is 9.59 Å². The number of rotatable bonds is 4. The van der Waals surface area contributed by atoms with Gasteiger partial charge in [0.15, 0.2) is 0 Å². The Kier molecular flexibility index (Phi) is 4.84. The zero-order valence-electron chi connectivity index (χ0n) is 11.3. The fourth-order valence-corrected chi connectivity index (χ4v) is 3.15. The maximum absolute atomic E-state index is 12.0. The summed E-state index contributed by atoms with van der Waals surface area (Å²) in [4.78, 5) is 24.4. The van der Waals surface area contributed by atoms with Crippen molar-refractivity contribution in [3.8, 4) is 0 Å². The molecule has 20 heavy (non-hydrogen) atoms. The molecule has 1 fully saturated rings. The molecule has 1 aliphatic heterocycles. The summed E-state index contributed by atoms with van der Waals surface area (Å²) in [7, 11) is 0. The van der Waals surface area contributed by atoms with Crippen molar-refractivity contribution in [3.63, 3.8) is 0 Å². The van der Waals surface area contributed by atoms with E-state index >= 15 is 0 Å². The van der Waals surface area contributed by atoms with Crippen molar-refractivity contribution in [2.75, 3.05) is 11.6 Å². The van der Waals surface area contributed by atoms with Gasteiger partial charge in [0, 0.05) is 11.8 Å². The van der Waals surface area contributed by atoms with Crippen LogP contribution in [0.1, 0.15) is 18.1 Å². The zero-order valence-corrected chi connectivity index (χ0v) is 12.1. The minimum atomic E-state index is -0.941. The van der Waals surface area contributed by atoms with Crippen LogP contribution in [0.2, 0.25) is 0 Å². The number of amides is 1. The number of carbonyl (C=O) groups is 2. The first-order valence-corrected chi connectivity index (χ1v) is 7.65. The Morgan fingerprint density at radius 1 is 1.40 bits per heavy atom. The van der Waals surface area contributed by atoms with Crippen LogP contribution in [0.5, 0.6) is 0 Å². The summed E-state index contributed by atoms with van der Waals surface area (Å²) in [5, 5.41) is 9.04. The lowest BCUT2D eigenvalue weighted by Crippen LogP contribution is -2.40. The number of carboxylic acids is 1. The highest BCUT2D eigenvalue weighted by atomic mass is 32.2. The summed E-state index contributed by atoms with van der Waals surface area (Å²) in [5.74, 6) is -0.291. The number of hydrogen-bond donors (Lipinski definition) is 1. The van der Waals surface area contributed by atoms with Crippen molar-refractivity contribution in [2.24, 2.45) is 0 Å². The van der Waals surface area contributed by atoms with Crippen LogP contribution in [0.15, 0.2) is 30.3 Å². The largest absolute Gasteiger partial charge is 0.480 e. The molecule has 0 aromatic heterocycles. The average molecular weight is 291 g/mol. The number of carboxylic acid groups (broad SMARTS) is 1. The van der Waals surface area contributed by atoms with Crippen LogP contribution in [0.4, 0.5) is 0 Å². The van der Waals surface area contributed by atoms with Crippen LogP contribution in [0.25, 0.3) is 6.08 Å². The van der Waals surface area contributed by atoms with Crippen LogP contribution in [-0.2, 0) is 16.0 Å². The Bertz CT molecular complexity index is 524. The standard InChI is InChI=1S/C15H17NO3S/c1-2-11-3-5-12(6-4-11)7-8-14(17)16-10-20-9-13(16)15(18)19/h3-8,13H,2,9-10H2,1H3,(H,18,19)/b8-7+. The Labute approximate surface area is 122 Å². The smallest absolute Gasteiger partial charge is 0.327 e. The van der Waals surface area contributed by atoms with E-state index in [4.69, 9.17) is 5.11 Å². The van der Waals surface area contributed by atoms with Gasteiger partial charge in [0.05, 0.1) is 5.88 Å². The molecule has 2 rings (SSSR count). The highest BCUT2D eigenvalue weighted by molar-refractivity contribution is 7.99. The van der Waals surface area contributed by atoms with E-state index in [1.165, 1.54) is 28.3 Å². The molecule has 0 saturated carbocycles. The molecular formula is C15H17NO3S. The molecule has 4 nitrogen and oxygen atoms in total. The number of aliphatic carboxylic acids is 1. The van der Waals surface area contributed by atoms with Gasteiger partial charge in [-0.2, -0.15) is 0 Å². The molecule has 1 aromatic rings. The minimum absolute atomic E-state index is 0.248. The maximum atomic E-state index is 12.0. The van der Waals surface area contributed by atoms with E-state index in [-0.39, 0.29) is 5.91 Å². The maximum Gasteiger partial charge on any atom is 0.327 e. The van der Waals surface area contributed by atoms with E-state index < -0.39 is 12.0 Å². The molecule has 0 radical (unpaired) electrons. The van der Waals surface area contributed by atoms with Gasteiger partial charge in [-0.3, -0.25) is 4.79 Å². The van der Waals surface area contributed by atoms with Crippen LogP contribution >= 0.6 is 11.8 Å². The summed E-state index contributed by atoms with van der Waals surface area (Å²) >= 11 is 1.46. The SMILES string of the molecule is CCc1ccc(/C=C/C(=O)N2CSCC2C(=O)O)cc1. The average Bonchev–Trinajstić information content (AvgIpc) is 2.95. The molecule has 0 spiro atoms. The summed E-state index contributed by atoms with van der Waals surface area (Å²) in [5.41, 5.74) is 2.18. The fraction of sp³-hybridized carbons (Fsp3) is 0.333. The summed E-state index contributed by atoms with van der Waals surface area (Å²) < 4.78 is 0. The van der Waals surface area contributed by atoms with Gasteiger partial charge >= 0.3 is 5.97 Å². The third-order valence-electron chi connectivity index (χ3n) is 3.26. The second kappa shape index (κ2) is 6.61. The molecule has 1 atom stereocenters. The Balaban J connectivity index is 2.02. The lowest BCUT2D eigenvalue weighted by Gasteiger charge is -2.18. The van der Waals surface area contributed by atoms with Gasteiger partial charge in [0.1, 0.15) is 6.04 Å². The van der Waals surface area contributed by atoms with Gasteiger partial charge < -0.3 is 10.0 Å². The predicted octanol–water partition coefficient (Wildman–Crippen LogP) is 2.25. The van der Waals surface area contributed by atoms with Crippen molar-refractivity contribution in [3.05, 3.63) is 41.5 Å². The van der Waals surface area contributed by atoms with Crippen molar-refractivity contribution >= 4 is 29.7 Å². The lowest BCUT2D eigenvalue weighted by atomic mass is 10.1. The molecule has 1 saturated heterocycles. The molecule has 1 amide bonds. The molecule has 1 heterocycles. The molecule has 5 heteroatoms. The number of benzene rings is 1. The number of aryl methyl sites for hydroxylation is 1. The first-order valence-electron chi connectivity index (χ1n) is 6.50. The van der Waals surface area contributed by atoms with Gasteiger partial charge in [-0.1, -0.05) is 31.2 Å². The molecule has 0 bridgehead atoms. The van der Waals surface area contributed by atoms with E-state index in [1.807, 2.05) is 24.3 Å². The molecule has 106 valence electrons. The van der Waals surface area contributed by atoms with Crippen LogP contribution in [-0.4, -0.2) is 39.6 Å². The summed E-state index contributed by atoms with van der Waals surface area (Å²) in [6, 6.07) is 7.25. The third kappa shape index (κ3) is 3.42. The molecule has 1 aromatic carbocycles. The van der Waals surface area contributed by atoms with E-state index in [0.29, 0.717) is 11.6 Å². The van der Waals surface area contributed by atoms with Gasteiger partial charge in [-0.15, -0.1) is 11.8 Å². The van der Waals surface area contributed by atoms with E-state index in [2.05, 4.69) is 6.92 Å². The van der Waals surface area contributed by atoms with E-state index in [0.717, 1.165) is 12.0 Å². The monoisotopic (exact) mass is 291 g/mol. The topological polar surface area (TPSA) is 57.6 Å².